The van der Waals surface area contributed by atoms with Gasteiger partial charge in [-0.2, -0.15) is 0 Å². The first-order chi connectivity index (χ1) is 1.73. The molecule has 0 aliphatic heterocycles. The molecular weight excluding hydrogens is 59.0 g/mol. The summed E-state index contributed by atoms with van der Waals surface area (Å²) in [5.41, 5.74) is 0. The quantitative estimate of drug-likeness (QED) is 0.362. The van der Waals surface area contributed by atoms with E-state index in [4.69, 9.17) is 0 Å². The van der Waals surface area contributed by atoms with Crippen molar-refractivity contribution in [1.29, 1.82) is 0 Å². The SMILES string of the molecule is CC(C)=O.[LiH]. The van der Waals surface area contributed by atoms with Crippen LogP contribution in [0.1, 0.15) is 13.8 Å². The molecule has 0 radical (unpaired) electrons. The van der Waals surface area contributed by atoms with Crippen LogP contribution in [0.15, 0.2) is 0 Å². The van der Waals surface area contributed by atoms with Crippen molar-refractivity contribution < 1.29 is 4.79 Å². The molecule has 0 aromatic carbocycles. The van der Waals surface area contributed by atoms with Gasteiger partial charge in [0, 0.05) is 0 Å². The molecular formula is C3H7LiO. The van der Waals surface area contributed by atoms with Crippen molar-refractivity contribution in [2.45, 2.75) is 13.8 Å². The van der Waals surface area contributed by atoms with E-state index in [9.17, 15) is 4.79 Å². The van der Waals surface area contributed by atoms with Gasteiger partial charge in [0.05, 0.1) is 0 Å². The molecule has 0 N–H and O–H groups in total. The number of rotatable bonds is 0. The zero-order valence-corrected chi connectivity index (χ0v) is 2.91. The van der Waals surface area contributed by atoms with Gasteiger partial charge in [-0.15, -0.1) is 0 Å². The molecule has 5 heavy (non-hydrogen) atoms. The second-order valence-electron chi connectivity index (χ2n) is 0.908. The van der Waals surface area contributed by atoms with Gasteiger partial charge in [0.25, 0.3) is 0 Å². The number of carbonyl (C=O) groups is 1. The first kappa shape index (κ1) is 8.99. The van der Waals surface area contributed by atoms with Gasteiger partial charge in [-0.05, 0) is 13.8 Å². The van der Waals surface area contributed by atoms with Crippen LogP contribution in [0.5, 0.6) is 0 Å². The monoisotopic (exact) mass is 66.1 g/mol. The predicted molar refractivity (Wildman–Crippen MR) is 23.5 cm³/mol. The summed E-state index contributed by atoms with van der Waals surface area (Å²) in [6.45, 7) is 3.06. The number of hydrogen-bond donors (Lipinski definition) is 0. The second kappa shape index (κ2) is 4.27. The zero-order valence-electron chi connectivity index (χ0n) is 2.91. The van der Waals surface area contributed by atoms with E-state index >= 15 is 0 Å². The third kappa shape index (κ3) is 307. The number of carbonyl (C=O) groups excluding carboxylic acids is 1. The fourth-order valence-electron chi connectivity index (χ4n) is 0. The van der Waals surface area contributed by atoms with E-state index in [0.717, 1.165) is 0 Å². The molecule has 0 saturated heterocycles. The van der Waals surface area contributed by atoms with Crippen molar-refractivity contribution in [3.63, 3.8) is 0 Å². The van der Waals surface area contributed by atoms with E-state index in [2.05, 4.69) is 0 Å². The molecule has 0 fully saturated rings. The Labute approximate surface area is 43.9 Å². The average molecular weight is 66.0 g/mol. The topological polar surface area (TPSA) is 17.1 Å². The molecule has 1 nitrogen and oxygen atoms in total. The van der Waals surface area contributed by atoms with Gasteiger partial charge in [0.15, 0.2) is 0 Å². The van der Waals surface area contributed by atoms with Crippen LogP contribution in [0, 0.1) is 0 Å². The van der Waals surface area contributed by atoms with Gasteiger partial charge < -0.3 is 4.79 Å². The summed E-state index contributed by atoms with van der Waals surface area (Å²) < 4.78 is 0. The molecule has 0 aliphatic carbocycles. The Bertz CT molecular complexity index is 29.9. The van der Waals surface area contributed by atoms with Gasteiger partial charge in [0.1, 0.15) is 5.78 Å². The van der Waals surface area contributed by atoms with Gasteiger partial charge in [-0.1, -0.05) is 0 Å². The van der Waals surface area contributed by atoms with Gasteiger partial charge >= 0.3 is 18.9 Å². The summed E-state index contributed by atoms with van der Waals surface area (Å²) in [6.07, 6.45) is 0. The third-order valence-electron chi connectivity index (χ3n) is 0. The van der Waals surface area contributed by atoms with Crippen LogP contribution in [0.25, 0.3) is 0 Å². The normalized spacial score (nSPS) is 5.20. The summed E-state index contributed by atoms with van der Waals surface area (Å²) in [5.74, 6) is 0.167. The van der Waals surface area contributed by atoms with E-state index in [1.54, 1.807) is 0 Å². The Morgan fingerprint density at radius 2 is 1.40 bits per heavy atom. The van der Waals surface area contributed by atoms with Crippen LogP contribution in [0.3, 0.4) is 0 Å². The van der Waals surface area contributed by atoms with Crippen molar-refractivity contribution in [3.8, 4) is 0 Å². The van der Waals surface area contributed by atoms with Crippen molar-refractivity contribution in [3.05, 3.63) is 0 Å². The van der Waals surface area contributed by atoms with Crippen LogP contribution in [0.4, 0.5) is 0 Å². The Morgan fingerprint density at radius 3 is 1.40 bits per heavy atom. The Morgan fingerprint density at radius 1 is 1.40 bits per heavy atom. The fourth-order valence-corrected chi connectivity index (χ4v) is 0. The summed E-state index contributed by atoms with van der Waals surface area (Å²) >= 11 is 0. The maximum absolute atomic E-state index is 9.44. The summed E-state index contributed by atoms with van der Waals surface area (Å²) in [4.78, 5) is 9.44. The molecule has 0 rings (SSSR count). The molecule has 0 unspecified atom stereocenters. The molecule has 0 atom stereocenters. The molecule has 0 aliphatic rings. The first-order valence-corrected chi connectivity index (χ1v) is 1.20. The molecule has 0 saturated carbocycles. The molecule has 0 heterocycles. The van der Waals surface area contributed by atoms with Crippen LogP contribution in [-0.2, 0) is 4.79 Å². The van der Waals surface area contributed by atoms with E-state index in [1.807, 2.05) is 0 Å². The fraction of sp³-hybridized carbons (Fsp3) is 0.667. The molecule has 0 spiro atoms. The molecule has 2 heteroatoms. The van der Waals surface area contributed by atoms with E-state index in [1.165, 1.54) is 13.8 Å². The van der Waals surface area contributed by atoms with Gasteiger partial charge in [0.2, 0.25) is 0 Å². The number of Topliss-reactive ketones (excluding diaryl/α,β-unsaturated/α-hetero) is 1. The van der Waals surface area contributed by atoms with Gasteiger partial charge in [-0.3, -0.25) is 0 Å². The van der Waals surface area contributed by atoms with Crippen LogP contribution >= 0.6 is 0 Å². The Balaban J connectivity index is 0. The maximum atomic E-state index is 9.44. The molecule has 0 aromatic rings. The van der Waals surface area contributed by atoms with Crippen LogP contribution < -0.4 is 0 Å². The van der Waals surface area contributed by atoms with Crippen molar-refractivity contribution in [2.75, 3.05) is 0 Å². The van der Waals surface area contributed by atoms with Crippen molar-refractivity contribution in [2.24, 2.45) is 0 Å². The van der Waals surface area contributed by atoms with Crippen molar-refractivity contribution in [1.82, 2.24) is 0 Å². The molecule has 0 amide bonds. The van der Waals surface area contributed by atoms with E-state index in [0.29, 0.717) is 0 Å². The number of ketones is 1. The molecule has 0 aromatic heterocycles. The standard InChI is InChI=1S/C3H6O.Li.H/c1-3(2)4;;/h1-2H3;;. The Hall–Kier alpha value is 0.267. The Kier molecular flexibility index (Phi) is 7.67. The van der Waals surface area contributed by atoms with Crippen LogP contribution in [0.2, 0.25) is 0 Å². The molecule has 26 valence electrons. The van der Waals surface area contributed by atoms with Crippen LogP contribution in [-0.4, -0.2) is 24.6 Å². The minimum atomic E-state index is 0. The summed E-state index contributed by atoms with van der Waals surface area (Å²) in [5, 5.41) is 0. The predicted octanol–water partition coefficient (Wildman–Crippen LogP) is -0.0532. The summed E-state index contributed by atoms with van der Waals surface area (Å²) in [6, 6.07) is 0. The second-order valence-corrected chi connectivity index (χ2v) is 0.908. The number of hydrogen-bond acceptors (Lipinski definition) is 1. The molecule has 0 bridgehead atoms. The summed E-state index contributed by atoms with van der Waals surface area (Å²) in [7, 11) is 0. The van der Waals surface area contributed by atoms with E-state index < -0.39 is 0 Å². The zero-order chi connectivity index (χ0) is 3.58. The van der Waals surface area contributed by atoms with Crippen molar-refractivity contribution >= 4 is 24.6 Å². The third-order valence-corrected chi connectivity index (χ3v) is 0. The average Bonchev–Trinajstić information content (AvgIpc) is 0.811. The van der Waals surface area contributed by atoms with E-state index in [-0.39, 0.29) is 24.6 Å². The van der Waals surface area contributed by atoms with Gasteiger partial charge in [-0.25, -0.2) is 0 Å². The minimum absolute atomic E-state index is 0. The first-order valence-electron chi connectivity index (χ1n) is 1.20.